The van der Waals surface area contributed by atoms with Gasteiger partial charge in [0.15, 0.2) is 0 Å². The highest BCUT2D eigenvalue weighted by Gasteiger charge is 2.15. The Labute approximate surface area is 80.3 Å². The number of carbonyl (C=O) groups excluding carboxylic acids is 1. The maximum absolute atomic E-state index is 11.4. The Bertz CT molecular complexity index is 160. The first kappa shape index (κ1) is 10.5. The summed E-state index contributed by atoms with van der Waals surface area (Å²) in [4.78, 5) is 11.4. The number of carbonyl (C=O) groups is 1. The van der Waals surface area contributed by atoms with Crippen molar-refractivity contribution in [1.29, 1.82) is 0 Å². The molecule has 0 aromatic rings. The van der Waals surface area contributed by atoms with Gasteiger partial charge in [0.1, 0.15) is 0 Å². The molecule has 0 aliphatic carbocycles. The molecule has 3 nitrogen and oxygen atoms in total. The van der Waals surface area contributed by atoms with Gasteiger partial charge in [0.2, 0.25) is 5.91 Å². The predicted octanol–water partition coefficient (Wildman–Crippen LogP) is 0.901. The summed E-state index contributed by atoms with van der Waals surface area (Å²) >= 11 is 0. The van der Waals surface area contributed by atoms with Crippen LogP contribution >= 0.6 is 0 Å². The zero-order valence-electron chi connectivity index (χ0n) is 8.60. The van der Waals surface area contributed by atoms with Gasteiger partial charge in [-0.2, -0.15) is 0 Å². The predicted molar refractivity (Wildman–Crippen MR) is 53.5 cm³/mol. The summed E-state index contributed by atoms with van der Waals surface area (Å²) in [6, 6.07) is 0.345. The molecule has 0 aromatic carbocycles. The second kappa shape index (κ2) is 5.22. The highest BCUT2D eigenvalue weighted by molar-refractivity contribution is 5.78. The van der Waals surface area contributed by atoms with Gasteiger partial charge in [0, 0.05) is 18.5 Å². The maximum Gasteiger partial charge on any atom is 0.222 e. The van der Waals surface area contributed by atoms with Crippen LogP contribution in [0.15, 0.2) is 0 Å². The van der Waals surface area contributed by atoms with Crippen LogP contribution in [0, 0.1) is 5.92 Å². The van der Waals surface area contributed by atoms with Crippen molar-refractivity contribution in [2.24, 2.45) is 5.92 Å². The smallest absolute Gasteiger partial charge is 0.222 e. The molecule has 1 saturated heterocycles. The van der Waals surface area contributed by atoms with Crippen LogP contribution < -0.4 is 10.6 Å². The average molecular weight is 184 g/mol. The van der Waals surface area contributed by atoms with Crippen molar-refractivity contribution in [2.75, 3.05) is 13.1 Å². The molecule has 0 saturated carbocycles. The summed E-state index contributed by atoms with van der Waals surface area (Å²) in [6.45, 7) is 5.88. The van der Waals surface area contributed by atoms with E-state index >= 15 is 0 Å². The van der Waals surface area contributed by atoms with Gasteiger partial charge < -0.3 is 10.6 Å². The van der Waals surface area contributed by atoms with E-state index in [9.17, 15) is 4.79 Å². The lowest BCUT2D eigenvalue weighted by molar-refractivity contribution is -0.124. The number of nitrogens with one attached hydrogen (secondary N) is 2. The zero-order chi connectivity index (χ0) is 9.68. The van der Waals surface area contributed by atoms with Crippen LogP contribution in [-0.2, 0) is 4.79 Å². The summed E-state index contributed by atoms with van der Waals surface area (Å²) < 4.78 is 0. The lowest BCUT2D eigenvalue weighted by Crippen LogP contribution is -2.42. The van der Waals surface area contributed by atoms with Crippen molar-refractivity contribution >= 4 is 5.91 Å². The van der Waals surface area contributed by atoms with Crippen LogP contribution in [0.3, 0.4) is 0 Å². The summed E-state index contributed by atoms with van der Waals surface area (Å²) in [5.74, 6) is 0.275. The molecular formula is C10H20N2O. The van der Waals surface area contributed by atoms with Gasteiger partial charge in [0.25, 0.3) is 0 Å². The molecule has 1 rings (SSSR count). The topological polar surface area (TPSA) is 41.1 Å². The third kappa shape index (κ3) is 3.77. The van der Waals surface area contributed by atoms with E-state index < -0.39 is 0 Å². The normalized spacial score (nSPS) is 24.1. The number of amides is 1. The molecule has 1 heterocycles. The molecule has 1 amide bonds. The monoisotopic (exact) mass is 184 g/mol. The van der Waals surface area contributed by atoms with Gasteiger partial charge in [0.05, 0.1) is 0 Å². The maximum atomic E-state index is 11.4. The van der Waals surface area contributed by atoms with E-state index in [1.165, 1.54) is 12.8 Å². The van der Waals surface area contributed by atoms with Crippen LogP contribution in [0.5, 0.6) is 0 Å². The van der Waals surface area contributed by atoms with E-state index in [-0.39, 0.29) is 11.8 Å². The van der Waals surface area contributed by atoms with E-state index in [0.717, 1.165) is 19.5 Å². The standard InChI is InChI=1S/C10H20N2O/c1-8(2)10(13)12-9-5-3-4-6-11-7-9/h8-9,11H,3-7H2,1-2H3,(H,12,13). The Balaban J connectivity index is 2.29. The Kier molecular flexibility index (Phi) is 4.22. The first-order valence-corrected chi connectivity index (χ1v) is 5.21. The molecular weight excluding hydrogens is 164 g/mol. The fourth-order valence-electron chi connectivity index (χ4n) is 1.51. The van der Waals surface area contributed by atoms with Gasteiger partial charge in [-0.3, -0.25) is 4.79 Å². The molecule has 2 N–H and O–H groups in total. The van der Waals surface area contributed by atoms with Crippen LogP contribution in [0.1, 0.15) is 33.1 Å². The molecule has 0 radical (unpaired) electrons. The molecule has 0 spiro atoms. The quantitative estimate of drug-likeness (QED) is 0.669. The molecule has 1 unspecified atom stereocenters. The summed E-state index contributed by atoms with van der Waals surface area (Å²) in [5, 5.41) is 6.38. The summed E-state index contributed by atoms with van der Waals surface area (Å²) in [6.07, 6.45) is 3.57. The third-order valence-electron chi connectivity index (χ3n) is 2.42. The molecule has 13 heavy (non-hydrogen) atoms. The molecule has 0 aromatic heterocycles. The highest BCUT2D eigenvalue weighted by Crippen LogP contribution is 2.04. The first-order valence-electron chi connectivity index (χ1n) is 5.21. The van der Waals surface area contributed by atoms with Crippen LogP contribution in [-0.4, -0.2) is 25.0 Å². The molecule has 1 fully saturated rings. The van der Waals surface area contributed by atoms with Gasteiger partial charge in [-0.1, -0.05) is 20.3 Å². The summed E-state index contributed by atoms with van der Waals surface area (Å²) in [7, 11) is 0. The Morgan fingerprint density at radius 2 is 2.23 bits per heavy atom. The van der Waals surface area contributed by atoms with Gasteiger partial charge in [-0.25, -0.2) is 0 Å². The Morgan fingerprint density at radius 1 is 1.46 bits per heavy atom. The lowest BCUT2D eigenvalue weighted by atomic mass is 10.1. The van der Waals surface area contributed by atoms with Crippen molar-refractivity contribution < 1.29 is 4.79 Å². The van der Waals surface area contributed by atoms with E-state index in [0.29, 0.717) is 6.04 Å². The van der Waals surface area contributed by atoms with Crippen molar-refractivity contribution in [3.05, 3.63) is 0 Å². The van der Waals surface area contributed by atoms with Gasteiger partial charge in [-0.05, 0) is 19.4 Å². The largest absolute Gasteiger partial charge is 0.352 e. The fourth-order valence-corrected chi connectivity index (χ4v) is 1.51. The Hall–Kier alpha value is -0.570. The lowest BCUT2D eigenvalue weighted by Gasteiger charge is -2.17. The SMILES string of the molecule is CC(C)C(=O)NC1CCCCNC1. The fraction of sp³-hybridized carbons (Fsp3) is 0.900. The third-order valence-corrected chi connectivity index (χ3v) is 2.42. The molecule has 1 aliphatic rings. The average Bonchev–Trinajstić information content (AvgIpc) is 2.32. The second-order valence-electron chi connectivity index (χ2n) is 4.06. The van der Waals surface area contributed by atoms with Crippen molar-refractivity contribution in [3.63, 3.8) is 0 Å². The number of rotatable bonds is 2. The second-order valence-corrected chi connectivity index (χ2v) is 4.06. The van der Waals surface area contributed by atoms with Crippen molar-refractivity contribution in [1.82, 2.24) is 10.6 Å². The Morgan fingerprint density at radius 3 is 2.92 bits per heavy atom. The molecule has 1 atom stereocenters. The van der Waals surface area contributed by atoms with Crippen LogP contribution in [0.2, 0.25) is 0 Å². The minimum atomic E-state index is 0.100. The van der Waals surface area contributed by atoms with Crippen molar-refractivity contribution in [2.45, 2.75) is 39.2 Å². The first-order chi connectivity index (χ1) is 6.20. The van der Waals surface area contributed by atoms with Crippen LogP contribution in [0.25, 0.3) is 0 Å². The number of hydrogen-bond donors (Lipinski definition) is 2. The zero-order valence-corrected chi connectivity index (χ0v) is 8.60. The molecule has 1 aliphatic heterocycles. The summed E-state index contributed by atoms with van der Waals surface area (Å²) in [5.41, 5.74) is 0. The van der Waals surface area contributed by atoms with E-state index in [2.05, 4.69) is 10.6 Å². The molecule has 0 bridgehead atoms. The van der Waals surface area contributed by atoms with E-state index in [1.54, 1.807) is 0 Å². The van der Waals surface area contributed by atoms with Crippen molar-refractivity contribution in [3.8, 4) is 0 Å². The minimum absolute atomic E-state index is 0.100. The van der Waals surface area contributed by atoms with E-state index in [4.69, 9.17) is 0 Å². The molecule has 76 valence electrons. The minimum Gasteiger partial charge on any atom is -0.352 e. The van der Waals surface area contributed by atoms with E-state index in [1.807, 2.05) is 13.8 Å². The molecule has 3 heteroatoms. The van der Waals surface area contributed by atoms with Gasteiger partial charge >= 0.3 is 0 Å². The highest BCUT2D eigenvalue weighted by atomic mass is 16.1. The number of hydrogen-bond acceptors (Lipinski definition) is 2. The van der Waals surface area contributed by atoms with Gasteiger partial charge in [-0.15, -0.1) is 0 Å². The van der Waals surface area contributed by atoms with Crippen LogP contribution in [0.4, 0.5) is 0 Å².